The average molecular weight is 174 g/mol. The molecule has 0 radical (unpaired) electrons. The molecule has 0 unspecified atom stereocenters. The number of hydrogen-bond acceptors (Lipinski definition) is 4. The summed E-state index contributed by atoms with van der Waals surface area (Å²) >= 11 is 0. The zero-order valence-corrected chi connectivity index (χ0v) is 7.53. The summed E-state index contributed by atoms with van der Waals surface area (Å²) in [5.74, 6) is -1.65. The molecule has 0 aliphatic rings. The molecule has 0 aromatic rings. The van der Waals surface area contributed by atoms with Crippen LogP contribution in [0.2, 0.25) is 0 Å². The first-order chi connectivity index (χ1) is 5.50. The lowest BCUT2D eigenvalue weighted by Gasteiger charge is -2.13. The molecule has 0 amide bonds. The summed E-state index contributed by atoms with van der Waals surface area (Å²) in [6, 6.07) is 0. The van der Waals surface area contributed by atoms with Gasteiger partial charge in [0.2, 0.25) is 0 Å². The Labute approximate surface area is 71.5 Å². The maximum absolute atomic E-state index is 10.9. The molecule has 4 nitrogen and oxygen atoms in total. The van der Waals surface area contributed by atoms with Crippen molar-refractivity contribution in [3.8, 4) is 0 Å². The third-order valence-corrected chi connectivity index (χ3v) is 1.64. The molecule has 0 spiro atoms. The van der Waals surface area contributed by atoms with Crippen LogP contribution in [-0.4, -0.2) is 29.6 Å². The summed E-state index contributed by atoms with van der Waals surface area (Å²) in [4.78, 5) is 21.6. The van der Waals surface area contributed by atoms with E-state index in [4.69, 9.17) is 0 Å². The van der Waals surface area contributed by atoms with Crippen LogP contribution >= 0.6 is 0 Å². The van der Waals surface area contributed by atoms with Crippen molar-refractivity contribution in [2.45, 2.75) is 26.9 Å². The van der Waals surface area contributed by atoms with E-state index in [1.165, 1.54) is 13.8 Å². The lowest BCUT2D eigenvalue weighted by Crippen LogP contribution is -2.33. The van der Waals surface area contributed by atoms with Gasteiger partial charge in [-0.05, 0) is 13.8 Å². The molecule has 1 N–H and O–H groups in total. The minimum atomic E-state index is -1.33. The van der Waals surface area contributed by atoms with E-state index in [2.05, 4.69) is 4.74 Å². The summed E-state index contributed by atoms with van der Waals surface area (Å²) < 4.78 is 4.53. The third-order valence-electron chi connectivity index (χ3n) is 1.64. The molecule has 4 heteroatoms. The molecule has 0 aromatic carbocycles. The number of esters is 1. The fourth-order valence-electron chi connectivity index (χ4n) is 0.654. The smallest absolute Gasteiger partial charge is 0.335 e. The van der Waals surface area contributed by atoms with Crippen molar-refractivity contribution in [1.29, 1.82) is 0 Å². The van der Waals surface area contributed by atoms with Gasteiger partial charge < -0.3 is 9.84 Å². The van der Waals surface area contributed by atoms with Crippen LogP contribution in [0.1, 0.15) is 20.8 Å². The first-order valence-electron chi connectivity index (χ1n) is 3.85. The highest BCUT2D eigenvalue weighted by Gasteiger charge is 2.26. The lowest BCUT2D eigenvalue weighted by molar-refractivity contribution is -0.157. The van der Waals surface area contributed by atoms with Gasteiger partial charge in [0.1, 0.15) is 5.78 Å². The van der Waals surface area contributed by atoms with Crippen molar-refractivity contribution in [1.82, 2.24) is 0 Å². The van der Waals surface area contributed by atoms with Crippen molar-refractivity contribution >= 4 is 11.8 Å². The van der Waals surface area contributed by atoms with Gasteiger partial charge in [-0.2, -0.15) is 0 Å². The Morgan fingerprint density at radius 2 is 2.00 bits per heavy atom. The molecule has 0 saturated carbocycles. The molecule has 2 atom stereocenters. The highest BCUT2D eigenvalue weighted by Crippen LogP contribution is 2.05. The molecule has 0 aliphatic carbocycles. The van der Waals surface area contributed by atoms with Crippen molar-refractivity contribution in [3.63, 3.8) is 0 Å². The zero-order valence-electron chi connectivity index (χ0n) is 7.53. The van der Waals surface area contributed by atoms with Gasteiger partial charge in [-0.15, -0.1) is 0 Å². The zero-order chi connectivity index (χ0) is 9.72. The number of Topliss-reactive ketones (excluding diaryl/α,β-unsaturated/α-hetero) is 1. The molecule has 0 bridgehead atoms. The Morgan fingerprint density at radius 3 is 2.33 bits per heavy atom. The summed E-state index contributed by atoms with van der Waals surface area (Å²) in [6.07, 6.45) is -1.33. The van der Waals surface area contributed by atoms with Crippen LogP contribution in [-0.2, 0) is 14.3 Å². The van der Waals surface area contributed by atoms with E-state index in [1.54, 1.807) is 6.92 Å². The molecular formula is C8H14O4. The van der Waals surface area contributed by atoms with Crippen LogP contribution in [0.15, 0.2) is 0 Å². The van der Waals surface area contributed by atoms with Crippen LogP contribution in [0.5, 0.6) is 0 Å². The van der Waals surface area contributed by atoms with Crippen molar-refractivity contribution < 1.29 is 19.4 Å². The van der Waals surface area contributed by atoms with E-state index in [-0.39, 0.29) is 12.4 Å². The quantitative estimate of drug-likeness (QED) is 0.615. The van der Waals surface area contributed by atoms with E-state index in [0.29, 0.717) is 0 Å². The topological polar surface area (TPSA) is 63.6 Å². The molecule has 0 aliphatic heterocycles. The van der Waals surface area contributed by atoms with Crippen molar-refractivity contribution in [3.05, 3.63) is 0 Å². The van der Waals surface area contributed by atoms with Crippen molar-refractivity contribution in [2.24, 2.45) is 5.92 Å². The average Bonchev–Trinajstić information content (AvgIpc) is 2.02. The molecular weight excluding hydrogens is 160 g/mol. The van der Waals surface area contributed by atoms with Gasteiger partial charge in [0.25, 0.3) is 0 Å². The second kappa shape index (κ2) is 4.87. The van der Waals surface area contributed by atoms with Gasteiger partial charge in [0, 0.05) is 0 Å². The molecule has 70 valence electrons. The van der Waals surface area contributed by atoms with Gasteiger partial charge >= 0.3 is 5.97 Å². The Morgan fingerprint density at radius 1 is 1.50 bits per heavy atom. The first-order valence-corrected chi connectivity index (χ1v) is 3.85. The van der Waals surface area contributed by atoms with E-state index in [9.17, 15) is 14.7 Å². The predicted molar refractivity (Wildman–Crippen MR) is 42.5 cm³/mol. The van der Waals surface area contributed by atoms with Crippen molar-refractivity contribution in [2.75, 3.05) is 6.61 Å². The molecule has 12 heavy (non-hydrogen) atoms. The van der Waals surface area contributed by atoms with Crippen LogP contribution in [0, 0.1) is 5.92 Å². The van der Waals surface area contributed by atoms with Crippen LogP contribution in [0.4, 0.5) is 0 Å². The van der Waals surface area contributed by atoms with E-state index in [1.807, 2.05) is 0 Å². The number of aliphatic hydroxyl groups is 1. The van der Waals surface area contributed by atoms with Crippen LogP contribution < -0.4 is 0 Å². The minimum Gasteiger partial charge on any atom is -0.464 e. The summed E-state index contributed by atoms with van der Waals surface area (Å²) in [7, 11) is 0. The second-order valence-corrected chi connectivity index (χ2v) is 2.60. The number of aliphatic hydroxyl groups excluding tert-OH is 1. The van der Waals surface area contributed by atoms with E-state index >= 15 is 0 Å². The van der Waals surface area contributed by atoms with Crippen LogP contribution in [0.3, 0.4) is 0 Å². The molecule has 0 saturated heterocycles. The highest BCUT2D eigenvalue weighted by molar-refractivity contribution is 5.86. The fourth-order valence-corrected chi connectivity index (χ4v) is 0.654. The maximum Gasteiger partial charge on any atom is 0.335 e. The molecule has 0 aromatic heterocycles. The lowest BCUT2D eigenvalue weighted by atomic mass is 10.0. The SMILES string of the molecule is CCOC(=O)[C@H](O)[C@H](C)C(C)=O. The summed E-state index contributed by atoms with van der Waals surface area (Å²) in [6.45, 7) is 4.67. The number of ketones is 1. The van der Waals surface area contributed by atoms with E-state index < -0.39 is 18.0 Å². The van der Waals surface area contributed by atoms with Gasteiger partial charge in [-0.1, -0.05) is 6.92 Å². The normalized spacial score (nSPS) is 15.0. The Hall–Kier alpha value is -0.900. The number of rotatable bonds is 4. The Balaban J connectivity index is 4.09. The summed E-state index contributed by atoms with van der Waals surface area (Å²) in [5, 5.41) is 9.19. The van der Waals surface area contributed by atoms with E-state index in [0.717, 1.165) is 0 Å². The first kappa shape index (κ1) is 11.1. The number of carbonyl (C=O) groups excluding carboxylic acids is 2. The van der Waals surface area contributed by atoms with Crippen LogP contribution in [0.25, 0.3) is 0 Å². The fraction of sp³-hybridized carbons (Fsp3) is 0.750. The van der Waals surface area contributed by atoms with Gasteiger partial charge in [0.15, 0.2) is 6.10 Å². The highest BCUT2D eigenvalue weighted by atomic mass is 16.5. The molecule has 0 heterocycles. The molecule has 0 fully saturated rings. The molecule has 0 rings (SSSR count). The minimum absolute atomic E-state index is 0.209. The Bertz CT molecular complexity index is 176. The van der Waals surface area contributed by atoms with Gasteiger partial charge in [-0.3, -0.25) is 4.79 Å². The summed E-state index contributed by atoms with van der Waals surface area (Å²) in [5.41, 5.74) is 0. The maximum atomic E-state index is 10.9. The Kier molecular flexibility index (Phi) is 4.51. The number of hydrogen-bond donors (Lipinski definition) is 1. The second-order valence-electron chi connectivity index (χ2n) is 2.60. The largest absolute Gasteiger partial charge is 0.464 e. The van der Waals surface area contributed by atoms with Gasteiger partial charge in [-0.25, -0.2) is 4.79 Å². The standard InChI is InChI=1S/C8H14O4/c1-4-12-8(11)7(10)5(2)6(3)9/h5,7,10H,4H2,1-3H3/t5-,7-/m1/s1. The number of carbonyl (C=O) groups is 2. The monoisotopic (exact) mass is 174 g/mol. The van der Waals surface area contributed by atoms with Gasteiger partial charge in [0.05, 0.1) is 12.5 Å². The number of ether oxygens (including phenoxy) is 1. The predicted octanol–water partition coefficient (Wildman–Crippen LogP) is 0.135. The third kappa shape index (κ3) is 3.00.